The normalized spacial score (nSPS) is 12.9. The van der Waals surface area contributed by atoms with Crippen molar-refractivity contribution in [1.82, 2.24) is 9.71 Å². The molecule has 124 valence electrons. The van der Waals surface area contributed by atoms with Crippen LogP contribution in [-0.4, -0.2) is 13.4 Å². The van der Waals surface area contributed by atoms with E-state index in [0.717, 1.165) is 17.7 Å². The van der Waals surface area contributed by atoms with Crippen LogP contribution < -0.4 is 4.72 Å². The Bertz CT molecular complexity index is 880. The second-order valence-electron chi connectivity index (χ2n) is 5.22. The van der Waals surface area contributed by atoms with Gasteiger partial charge in [-0.3, -0.25) is 4.98 Å². The molecule has 0 radical (unpaired) electrons. The molecule has 0 spiro atoms. The van der Waals surface area contributed by atoms with Gasteiger partial charge in [0.05, 0.1) is 16.6 Å². The summed E-state index contributed by atoms with van der Waals surface area (Å²) in [5, 5.41) is 3.92. The first-order valence-electron chi connectivity index (χ1n) is 7.24. The Labute approximate surface area is 144 Å². The topological polar surface area (TPSA) is 59.1 Å². The summed E-state index contributed by atoms with van der Waals surface area (Å²) in [5.41, 5.74) is 1.66. The highest BCUT2D eigenvalue weighted by atomic mass is 32.2. The van der Waals surface area contributed by atoms with Crippen LogP contribution in [0.5, 0.6) is 0 Å². The molecule has 24 heavy (non-hydrogen) atoms. The zero-order valence-electron chi connectivity index (χ0n) is 12.6. The maximum Gasteiger partial charge on any atom is 0.241 e. The molecule has 0 aliphatic rings. The van der Waals surface area contributed by atoms with Gasteiger partial charge in [0.25, 0.3) is 0 Å². The van der Waals surface area contributed by atoms with Gasteiger partial charge < -0.3 is 0 Å². The van der Waals surface area contributed by atoms with E-state index >= 15 is 0 Å². The first-order valence-corrected chi connectivity index (χ1v) is 9.67. The summed E-state index contributed by atoms with van der Waals surface area (Å²) in [6, 6.07) is 11.6. The van der Waals surface area contributed by atoms with E-state index in [4.69, 9.17) is 0 Å². The zero-order valence-corrected chi connectivity index (χ0v) is 14.2. The minimum atomic E-state index is -3.78. The SMILES string of the molecule is O=S(=O)(N[C@H](Cc1ccsc1)c1ccccn1)c1ccc(F)cc1. The first-order chi connectivity index (χ1) is 11.5. The van der Waals surface area contributed by atoms with Crippen LogP contribution in [0.4, 0.5) is 4.39 Å². The fourth-order valence-corrected chi connectivity index (χ4v) is 4.19. The average Bonchev–Trinajstić information content (AvgIpc) is 3.08. The van der Waals surface area contributed by atoms with Crippen LogP contribution in [0.1, 0.15) is 17.3 Å². The minimum Gasteiger partial charge on any atom is -0.260 e. The number of nitrogens with zero attached hydrogens (tertiary/aromatic N) is 1. The standard InChI is InChI=1S/C17H15FN2O2S2/c18-14-4-6-15(7-5-14)24(21,22)20-17(11-13-8-10-23-12-13)16-3-1-2-9-19-16/h1-10,12,17,20H,11H2/t17-/m1/s1. The highest BCUT2D eigenvalue weighted by molar-refractivity contribution is 7.89. The predicted molar refractivity (Wildman–Crippen MR) is 91.7 cm³/mol. The van der Waals surface area contributed by atoms with E-state index in [2.05, 4.69) is 9.71 Å². The van der Waals surface area contributed by atoms with E-state index in [0.29, 0.717) is 12.1 Å². The molecule has 0 aliphatic heterocycles. The maximum absolute atomic E-state index is 13.0. The lowest BCUT2D eigenvalue weighted by molar-refractivity contribution is 0.549. The van der Waals surface area contributed by atoms with Crippen molar-refractivity contribution in [2.45, 2.75) is 17.4 Å². The third-order valence-electron chi connectivity index (χ3n) is 3.49. The molecule has 1 atom stereocenters. The van der Waals surface area contributed by atoms with Gasteiger partial charge in [-0.1, -0.05) is 6.07 Å². The molecule has 0 fully saturated rings. The molecule has 1 aromatic carbocycles. The predicted octanol–water partition coefficient (Wildman–Crippen LogP) is 3.54. The van der Waals surface area contributed by atoms with Crippen molar-refractivity contribution in [3.05, 3.63) is 82.6 Å². The van der Waals surface area contributed by atoms with E-state index in [1.54, 1.807) is 29.7 Å². The van der Waals surface area contributed by atoms with Gasteiger partial charge >= 0.3 is 0 Å². The molecule has 0 bridgehead atoms. The largest absolute Gasteiger partial charge is 0.260 e. The Morgan fingerprint density at radius 3 is 2.54 bits per heavy atom. The molecule has 4 nitrogen and oxygen atoms in total. The molecule has 2 heterocycles. The number of thiophene rings is 1. The molecule has 7 heteroatoms. The third-order valence-corrected chi connectivity index (χ3v) is 5.71. The second kappa shape index (κ2) is 7.21. The van der Waals surface area contributed by atoms with Crippen LogP contribution in [0.3, 0.4) is 0 Å². The molecule has 0 amide bonds. The fraction of sp³-hybridized carbons (Fsp3) is 0.118. The van der Waals surface area contributed by atoms with Crippen LogP contribution in [0.2, 0.25) is 0 Å². The molecule has 0 unspecified atom stereocenters. The molecule has 2 aromatic heterocycles. The number of pyridine rings is 1. The summed E-state index contributed by atoms with van der Waals surface area (Å²) in [7, 11) is -3.78. The van der Waals surface area contributed by atoms with E-state index in [9.17, 15) is 12.8 Å². The Hall–Kier alpha value is -2.09. The number of halogens is 1. The molecule has 1 N–H and O–H groups in total. The highest BCUT2D eigenvalue weighted by Crippen LogP contribution is 2.21. The smallest absolute Gasteiger partial charge is 0.241 e. The number of benzene rings is 1. The molecular formula is C17H15FN2O2S2. The van der Waals surface area contributed by atoms with E-state index in [1.165, 1.54) is 12.1 Å². The summed E-state index contributed by atoms with van der Waals surface area (Å²) >= 11 is 1.55. The van der Waals surface area contributed by atoms with Crippen molar-refractivity contribution in [2.24, 2.45) is 0 Å². The van der Waals surface area contributed by atoms with Crippen LogP contribution in [0, 0.1) is 5.82 Å². The summed E-state index contributed by atoms with van der Waals surface area (Å²) in [6.45, 7) is 0. The summed E-state index contributed by atoms with van der Waals surface area (Å²) in [5.74, 6) is -0.478. The monoisotopic (exact) mass is 362 g/mol. The zero-order chi connectivity index (χ0) is 17.0. The molecule has 0 saturated heterocycles. The number of aromatic nitrogens is 1. The lowest BCUT2D eigenvalue weighted by Crippen LogP contribution is -2.30. The minimum absolute atomic E-state index is 0.0233. The van der Waals surface area contributed by atoms with Gasteiger partial charge in [-0.2, -0.15) is 11.3 Å². The van der Waals surface area contributed by atoms with Crippen molar-refractivity contribution in [3.63, 3.8) is 0 Å². The fourth-order valence-electron chi connectivity index (χ4n) is 2.30. The number of nitrogens with one attached hydrogen (secondary N) is 1. The number of rotatable bonds is 6. The first kappa shape index (κ1) is 16.8. The van der Waals surface area contributed by atoms with Crippen molar-refractivity contribution < 1.29 is 12.8 Å². The Morgan fingerprint density at radius 1 is 1.12 bits per heavy atom. The van der Waals surface area contributed by atoms with Gasteiger partial charge in [0, 0.05) is 6.20 Å². The van der Waals surface area contributed by atoms with Crippen LogP contribution in [0.15, 0.2) is 70.4 Å². The Balaban J connectivity index is 1.89. The van der Waals surface area contributed by atoms with E-state index in [-0.39, 0.29) is 4.90 Å². The van der Waals surface area contributed by atoms with Gasteiger partial charge in [-0.05, 0) is 65.2 Å². The quantitative estimate of drug-likeness (QED) is 0.730. The molecule has 0 aliphatic carbocycles. The van der Waals surface area contributed by atoms with Crippen molar-refractivity contribution in [2.75, 3.05) is 0 Å². The summed E-state index contributed by atoms with van der Waals surface area (Å²) in [6.07, 6.45) is 2.11. The van der Waals surface area contributed by atoms with Crippen molar-refractivity contribution in [1.29, 1.82) is 0 Å². The van der Waals surface area contributed by atoms with Crippen LogP contribution in [0.25, 0.3) is 0 Å². The van der Waals surface area contributed by atoms with Crippen molar-refractivity contribution >= 4 is 21.4 Å². The van der Waals surface area contributed by atoms with Gasteiger partial charge in [0.15, 0.2) is 0 Å². The Kier molecular flexibility index (Phi) is 5.03. The maximum atomic E-state index is 13.0. The average molecular weight is 362 g/mol. The summed E-state index contributed by atoms with van der Waals surface area (Å²) < 4.78 is 40.9. The number of hydrogen-bond acceptors (Lipinski definition) is 4. The van der Waals surface area contributed by atoms with Crippen molar-refractivity contribution in [3.8, 4) is 0 Å². The summed E-state index contributed by atoms with van der Waals surface area (Å²) in [4.78, 5) is 4.29. The number of sulfonamides is 1. The third kappa shape index (κ3) is 4.05. The lowest BCUT2D eigenvalue weighted by Gasteiger charge is -2.18. The van der Waals surface area contributed by atoms with Crippen LogP contribution in [-0.2, 0) is 16.4 Å². The second-order valence-corrected chi connectivity index (χ2v) is 7.71. The van der Waals surface area contributed by atoms with E-state index < -0.39 is 21.9 Å². The Morgan fingerprint density at radius 2 is 1.92 bits per heavy atom. The van der Waals surface area contributed by atoms with Crippen LogP contribution >= 0.6 is 11.3 Å². The van der Waals surface area contributed by atoms with E-state index in [1.807, 2.05) is 22.9 Å². The van der Waals surface area contributed by atoms with Gasteiger partial charge in [-0.15, -0.1) is 0 Å². The van der Waals surface area contributed by atoms with Gasteiger partial charge in [-0.25, -0.2) is 17.5 Å². The molecule has 3 aromatic rings. The molecule has 0 saturated carbocycles. The highest BCUT2D eigenvalue weighted by Gasteiger charge is 2.22. The molecule has 3 rings (SSSR count). The molecular weight excluding hydrogens is 347 g/mol. The number of hydrogen-bond donors (Lipinski definition) is 1. The van der Waals surface area contributed by atoms with Gasteiger partial charge in [0.2, 0.25) is 10.0 Å². The lowest BCUT2D eigenvalue weighted by atomic mass is 10.1. The van der Waals surface area contributed by atoms with Gasteiger partial charge in [0.1, 0.15) is 5.82 Å².